The van der Waals surface area contributed by atoms with Crippen LogP contribution in [0.5, 0.6) is 0 Å². The van der Waals surface area contributed by atoms with E-state index in [0.717, 1.165) is 5.56 Å². The van der Waals surface area contributed by atoms with Crippen molar-refractivity contribution < 1.29 is 19.1 Å². The van der Waals surface area contributed by atoms with E-state index in [4.69, 9.17) is 4.74 Å². The molecule has 0 radical (unpaired) electrons. The molecule has 2 amide bonds. The summed E-state index contributed by atoms with van der Waals surface area (Å²) in [5, 5.41) is 2.21. The molecule has 0 aliphatic heterocycles. The SMILES string of the molecule is O=C(COC(=O)C1(c2ccccc2)CC1)NC(=O)c1ccccc1. The van der Waals surface area contributed by atoms with Crippen molar-refractivity contribution in [2.75, 3.05) is 6.61 Å². The molecule has 0 aromatic heterocycles. The molecule has 24 heavy (non-hydrogen) atoms. The minimum atomic E-state index is -0.638. The van der Waals surface area contributed by atoms with Gasteiger partial charge in [0.15, 0.2) is 6.61 Å². The number of nitrogens with one attached hydrogen (secondary N) is 1. The fraction of sp³-hybridized carbons (Fsp3) is 0.211. The fourth-order valence-corrected chi connectivity index (χ4v) is 2.59. The molecule has 1 fully saturated rings. The summed E-state index contributed by atoms with van der Waals surface area (Å²) in [4.78, 5) is 36.0. The van der Waals surface area contributed by atoms with Gasteiger partial charge in [-0.1, -0.05) is 48.5 Å². The standard InChI is InChI=1S/C19H17NO4/c21-16(20-17(22)14-7-3-1-4-8-14)13-24-18(23)19(11-12-19)15-9-5-2-6-10-15/h1-10H,11-13H2,(H,20,21,22). The lowest BCUT2D eigenvalue weighted by Gasteiger charge is -2.14. The fourth-order valence-electron chi connectivity index (χ4n) is 2.59. The first-order chi connectivity index (χ1) is 11.6. The third-order valence-corrected chi connectivity index (χ3v) is 4.09. The molecule has 2 aromatic rings. The van der Waals surface area contributed by atoms with Crippen LogP contribution in [-0.2, 0) is 19.7 Å². The van der Waals surface area contributed by atoms with Gasteiger partial charge in [-0.25, -0.2) is 0 Å². The van der Waals surface area contributed by atoms with E-state index in [1.54, 1.807) is 30.3 Å². The van der Waals surface area contributed by atoms with Crippen LogP contribution in [0.1, 0.15) is 28.8 Å². The van der Waals surface area contributed by atoms with Crippen molar-refractivity contribution in [2.45, 2.75) is 18.3 Å². The molecule has 0 spiro atoms. The van der Waals surface area contributed by atoms with Crippen LogP contribution in [0.2, 0.25) is 0 Å². The second kappa shape index (κ2) is 6.66. The zero-order valence-corrected chi connectivity index (χ0v) is 13.0. The van der Waals surface area contributed by atoms with Crippen molar-refractivity contribution in [1.82, 2.24) is 5.32 Å². The van der Waals surface area contributed by atoms with E-state index >= 15 is 0 Å². The van der Waals surface area contributed by atoms with Crippen LogP contribution >= 0.6 is 0 Å². The normalized spacial score (nSPS) is 14.5. The Morgan fingerprint density at radius 2 is 1.50 bits per heavy atom. The lowest BCUT2D eigenvalue weighted by atomic mass is 9.96. The summed E-state index contributed by atoms with van der Waals surface area (Å²) in [6.07, 6.45) is 1.42. The quantitative estimate of drug-likeness (QED) is 0.856. The Balaban J connectivity index is 1.53. The van der Waals surface area contributed by atoms with Gasteiger partial charge in [-0.2, -0.15) is 0 Å². The molecule has 3 rings (SSSR count). The third-order valence-electron chi connectivity index (χ3n) is 4.09. The van der Waals surface area contributed by atoms with Gasteiger partial charge in [-0.05, 0) is 30.5 Å². The number of esters is 1. The van der Waals surface area contributed by atoms with E-state index in [-0.39, 0.29) is 0 Å². The van der Waals surface area contributed by atoms with Gasteiger partial charge in [0.2, 0.25) is 0 Å². The smallest absolute Gasteiger partial charge is 0.317 e. The zero-order chi connectivity index (χ0) is 17.0. The molecule has 122 valence electrons. The Morgan fingerprint density at radius 1 is 0.917 bits per heavy atom. The number of benzene rings is 2. The second-order valence-electron chi connectivity index (χ2n) is 5.77. The predicted molar refractivity (Wildman–Crippen MR) is 87.2 cm³/mol. The maximum absolute atomic E-state index is 12.3. The highest BCUT2D eigenvalue weighted by molar-refractivity contribution is 6.05. The van der Waals surface area contributed by atoms with Gasteiger partial charge >= 0.3 is 5.97 Å². The molecule has 1 aliphatic carbocycles. The summed E-state index contributed by atoms with van der Waals surface area (Å²) < 4.78 is 5.12. The topological polar surface area (TPSA) is 72.5 Å². The van der Waals surface area contributed by atoms with Crippen LogP contribution in [0.25, 0.3) is 0 Å². The Morgan fingerprint density at radius 3 is 2.08 bits per heavy atom. The summed E-state index contributed by atoms with van der Waals surface area (Å²) in [6, 6.07) is 17.8. The molecule has 5 heteroatoms. The first-order valence-corrected chi connectivity index (χ1v) is 7.74. The summed E-state index contributed by atoms with van der Waals surface area (Å²) in [7, 11) is 0. The third kappa shape index (κ3) is 3.35. The molecular weight excluding hydrogens is 306 g/mol. The summed E-state index contributed by atoms with van der Waals surface area (Å²) in [6.45, 7) is -0.466. The summed E-state index contributed by atoms with van der Waals surface area (Å²) in [5.41, 5.74) is 0.640. The molecule has 1 aliphatic rings. The van der Waals surface area contributed by atoms with Crippen molar-refractivity contribution in [3.8, 4) is 0 Å². The molecule has 0 atom stereocenters. The molecule has 2 aromatic carbocycles. The van der Waals surface area contributed by atoms with Gasteiger partial charge < -0.3 is 4.74 Å². The molecule has 1 saturated carbocycles. The largest absolute Gasteiger partial charge is 0.455 e. The molecule has 0 unspecified atom stereocenters. The van der Waals surface area contributed by atoms with Crippen LogP contribution in [0, 0.1) is 0 Å². The molecule has 0 saturated heterocycles. The van der Waals surface area contributed by atoms with Crippen LogP contribution in [-0.4, -0.2) is 24.4 Å². The Hall–Kier alpha value is -2.95. The number of carbonyl (C=O) groups excluding carboxylic acids is 3. The maximum atomic E-state index is 12.3. The van der Waals surface area contributed by atoms with E-state index in [2.05, 4.69) is 5.32 Å². The van der Waals surface area contributed by atoms with Crippen molar-refractivity contribution >= 4 is 17.8 Å². The number of hydrogen-bond donors (Lipinski definition) is 1. The number of imide groups is 1. The highest BCUT2D eigenvalue weighted by atomic mass is 16.5. The monoisotopic (exact) mass is 323 g/mol. The molecule has 5 nitrogen and oxygen atoms in total. The van der Waals surface area contributed by atoms with Gasteiger partial charge in [0.05, 0.1) is 5.41 Å². The molecular formula is C19H17NO4. The predicted octanol–water partition coefficient (Wildman–Crippen LogP) is 2.22. The van der Waals surface area contributed by atoms with Crippen molar-refractivity contribution in [3.05, 3.63) is 71.8 Å². The van der Waals surface area contributed by atoms with Crippen molar-refractivity contribution in [1.29, 1.82) is 0 Å². The first-order valence-electron chi connectivity index (χ1n) is 7.74. The average Bonchev–Trinajstić information content (AvgIpc) is 3.43. The highest BCUT2D eigenvalue weighted by Crippen LogP contribution is 2.49. The van der Waals surface area contributed by atoms with Crippen LogP contribution in [0.4, 0.5) is 0 Å². The number of carbonyl (C=O) groups is 3. The van der Waals surface area contributed by atoms with E-state index in [1.165, 1.54) is 0 Å². The van der Waals surface area contributed by atoms with Crippen LogP contribution in [0.15, 0.2) is 60.7 Å². The average molecular weight is 323 g/mol. The number of ether oxygens (including phenoxy) is 1. The van der Waals surface area contributed by atoms with Crippen LogP contribution in [0.3, 0.4) is 0 Å². The van der Waals surface area contributed by atoms with E-state index in [0.29, 0.717) is 18.4 Å². The highest BCUT2D eigenvalue weighted by Gasteiger charge is 2.52. The van der Waals surface area contributed by atoms with Gasteiger partial charge in [0.25, 0.3) is 11.8 Å². The Labute approximate surface area is 139 Å². The minimum Gasteiger partial charge on any atom is -0.455 e. The van der Waals surface area contributed by atoms with Crippen LogP contribution < -0.4 is 5.32 Å². The second-order valence-corrected chi connectivity index (χ2v) is 5.77. The van der Waals surface area contributed by atoms with Gasteiger partial charge in [-0.3, -0.25) is 19.7 Å². The van der Waals surface area contributed by atoms with Crippen molar-refractivity contribution in [3.63, 3.8) is 0 Å². The van der Waals surface area contributed by atoms with E-state index in [1.807, 2.05) is 30.3 Å². The van der Waals surface area contributed by atoms with Gasteiger partial charge in [0.1, 0.15) is 0 Å². The summed E-state index contributed by atoms with van der Waals surface area (Å²) >= 11 is 0. The minimum absolute atomic E-state index is 0.375. The molecule has 1 N–H and O–H groups in total. The number of rotatable bonds is 5. The number of amides is 2. The van der Waals surface area contributed by atoms with E-state index in [9.17, 15) is 14.4 Å². The molecule has 0 heterocycles. The maximum Gasteiger partial charge on any atom is 0.317 e. The van der Waals surface area contributed by atoms with Crippen molar-refractivity contribution in [2.24, 2.45) is 0 Å². The Bertz CT molecular complexity index is 751. The van der Waals surface area contributed by atoms with Gasteiger partial charge in [0, 0.05) is 5.56 Å². The lowest BCUT2D eigenvalue weighted by molar-refractivity contribution is -0.150. The van der Waals surface area contributed by atoms with Gasteiger partial charge in [-0.15, -0.1) is 0 Å². The Kier molecular flexibility index (Phi) is 4.42. The van der Waals surface area contributed by atoms with E-state index < -0.39 is 29.8 Å². The lowest BCUT2D eigenvalue weighted by Crippen LogP contribution is -2.35. The molecule has 0 bridgehead atoms. The number of hydrogen-bond acceptors (Lipinski definition) is 4. The first kappa shape index (κ1) is 15.9. The zero-order valence-electron chi connectivity index (χ0n) is 13.0. The summed E-state index contributed by atoms with van der Waals surface area (Å²) in [5.74, 6) is -1.57.